The first-order valence-electron chi connectivity index (χ1n) is 4.30. The molecule has 0 aliphatic heterocycles. The normalized spacial score (nSPS) is 12.5. The van der Waals surface area contributed by atoms with E-state index in [-0.39, 0.29) is 17.2 Å². The number of thiophene rings is 1. The molecule has 1 aromatic rings. The number of ether oxygens (including phenoxy) is 1. The van der Waals surface area contributed by atoms with Crippen molar-refractivity contribution in [3.05, 3.63) is 15.8 Å². The number of rotatable bonds is 5. The van der Waals surface area contributed by atoms with E-state index < -0.39 is 18.7 Å². The fourth-order valence-electron chi connectivity index (χ4n) is 0.986. The van der Waals surface area contributed by atoms with Gasteiger partial charge in [-0.2, -0.15) is 0 Å². The monoisotopic (exact) mass is 232 g/mol. The van der Waals surface area contributed by atoms with Crippen molar-refractivity contribution in [2.75, 3.05) is 13.2 Å². The molecule has 5 nitrogen and oxygen atoms in total. The molecule has 0 aromatic carbocycles. The number of aliphatic hydroxyl groups is 2. The molecule has 0 aliphatic rings. The van der Waals surface area contributed by atoms with E-state index >= 15 is 0 Å². The molecular weight excluding hydrogens is 220 g/mol. The second-order valence-electron chi connectivity index (χ2n) is 3.00. The number of hydrogen-bond acceptors (Lipinski definition) is 5. The molecule has 0 fully saturated rings. The van der Waals surface area contributed by atoms with E-state index in [9.17, 15) is 4.79 Å². The maximum Gasteiger partial charge on any atom is 0.349 e. The van der Waals surface area contributed by atoms with Crippen LogP contribution in [0.4, 0.5) is 0 Å². The maximum atomic E-state index is 10.8. The van der Waals surface area contributed by atoms with Crippen molar-refractivity contribution in [1.29, 1.82) is 0 Å². The molecule has 15 heavy (non-hydrogen) atoms. The second-order valence-corrected chi connectivity index (χ2v) is 4.26. The Balaban J connectivity index is 2.71. The summed E-state index contributed by atoms with van der Waals surface area (Å²) in [5.41, 5.74) is 0. The smallest absolute Gasteiger partial charge is 0.349 e. The predicted octanol–water partition coefficient (Wildman–Crippen LogP) is 0.487. The van der Waals surface area contributed by atoms with Crippen molar-refractivity contribution in [1.82, 2.24) is 0 Å². The minimum atomic E-state index is -1.05. The van der Waals surface area contributed by atoms with Gasteiger partial charge >= 0.3 is 5.97 Å². The third-order valence-corrected chi connectivity index (χ3v) is 2.68. The molecule has 0 bridgehead atoms. The van der Waals surface area contributed by atoms with E-state index in [4.69, 9.17) is 20.1 Å². The Morgan fingerprint density at radius 2 is 2.33 bits per heavy atom. The van der Waals surface area contributed by atoms with Crippen molar-refractivity contribution in [3.63, 3.8) is 0 Å². The van der Waals surface area contributed by atoms with Gasteiger partial charge in [-0.15, -0.1) is 11.3 Å². The zero-order chi connectivity index (χ0) is 11.4. The Hall–Kier alpha value is -1.11. The summed E-state index contributed by atoms with van der Waals surface area (Å²) < 4.78 is 5.09. The van der Waals surface area contributed by atoms with Crippen molar-refractivity contribution in [3.8, 4) is 5.75 Å². The quantitative estimate of drug-likeness (QED) is 0.687. The van der Waals surface area contributed by atoms with Crippen LogP contribution in [-0.4, -0.2) is 40.6 Å². The number of aliphatic hydroxyl groups excluding tert-OH is 2. The number of aromatic carboxylic acids is 1. The average Bonchev–Trinajstić information content (AvgIpc) is 2.56. The summed E-state index contributed by atoms with van der Waals surface area (Å²) in [6, 6.07) is 1.60. The van der Waals surface area contributed by atoms with E-state index in [2.05, 4.69) is 0 Å². The molecule has 0 spiro atoms. The van der Waals surface area contributed by atoms with Crippen molar-refractivity contribution < 1.29 is 24.9 Å². The molecule has 1 rings (SSSR count). The lowest BCUT2D eigenvalue weighted by atomic mass is 10.4. The third kappa shape index (κ3) is 3.19. The van der Waals surface area contributed by atoms with Gasteiger partial charge in [-0.3, -0.25) is 0 Å². The summed E-state index contributed by atoms with van der Waals surface area (Å²) in [4.78, 5) is 11.7. The number of carboxylic acids is 1. The van der Waals surface area contributed by atoms with Crippen LogP contribution in [0.5, 0.6) is 5.75 Å². The molecule has 6 heteroatoms. The molecule has 84 valence electrons. The van der Waals surface area contributed by atoms with Gasteiger partial charge in [0.05, 0.1) is 6.61 Å². The lowest BCUT2D eigenvalue weighted by Gasteiger charge is -2.08. The van der Waals surface area contributed by atoms with Crippen molar-refractivity contribution in [2.24, 2.45) is 0 Å². The highest BCUT2D eigenvalue weighted by molar-refractivity contribution is 7.14. The molecule has 0 saturated carbocycles. The fraction of sp³-hybridized carbons (Fsp3) is 0.444. The number of carboxylic acid groups (broad SMARTS) is 1. The van der Waals surface area contributed by atoms with Gasteiger partial charge in [-0.1, -0.05) is 0 Å². The first-order valence-corrected chi connectivity index (χ1v) is 5.11. The summed E-state index contributed by atoms with van der Waals surface area (Å²) in [5, 5.41) is 26.4. The largest absolute Gasteiger partial charge is 0.489 e. The Labute approximate surface area is 90.6 Å². The van der Waals surface area contributed by atoms with E-state index in [0.29, 0.717) is 0 Å². The van der Waals surface area contributed by atoms with Crippen molar-refractivity contribution >= 4 is 17.3 Å². The highest BCUT2D eigenvalue weighted by atomic mass is 32.1. The van der Waals surface area contributed by atoms with Crippen LogP contribution >= 0.6 is 11.3 Å². The molecule has 0 aliphatic carbocycles. The summed E-state index contributed by atoms with van der Waals surface area (Å²) in [6.07, 6.45) is -0.994. The van der Waals surface area contributed by atoms with E-state index in [1.807, 2.05) is 0 Å². The van der Waals surface area contributed by atoms with Crippen LogP contribution in [0.25, 0.3) is 0 Å². The predicted molar refractivity (Wildman–Crippen MR) is 54.6 cm³/mol. The van der Waals surface area contributed by atoms with Crippen LogP contribution in [0, 0.1) is 6.92 Å². The molecule has 0 saturated heterocycles. The Kier molecular flexibility index (Phi) is 4.07. The molecule has 1 aromatic heterocycles. The number of hydrogen-bond donors (Lipinski definition) is 3. The Morgan fingerprint density at radius 3 is 2.87 bits per heavy atom. The molecule has 1 unspecified atom stereocenters. The van der Waals surface area contributed by atoms with Gasteiger partial charge in [0, 0.05) is 4.88 Å². The first kappa shape index (κ1) is 12.0. The molecule has 1 heterocycles. The summed E-state index contributed by atoms with van der Waals surface area (Å²) >= 11 is 1.11. The average molecular weight is 232 g/mol. The lowest BCUT2D eigenvalue weighted by molar-refractivity contribution is 0.0522. The molecule has 0 radical (unpaired) electrons. The van der Waals surface area contributed by atoms with Crippen LogP contribution in [0.1, 0.15) is 14.5 Å². The van der Waals surface area contributed by atoms with Crippen LogP contribution in [0.15, 0.2) is 6.07 Å². The Morgan fingerprint density at radius 1 is 1.67 bits per heavy atom. The minimum Gasteiger partial charge on any atom is -0.489 e. The van der Waals surface area contributed by atoms with Gasteiger partial charge in [-0.05, 0) is 13.0 Å². The minimum absolute atomic E-state index is 0.109. The van der Waals surface area contributed by atoms with Crippen LogP contribution < -0.4 is 4.74 Å². The topological polar surface area (TPSA) is 87.0 Å². The molecule has 1 atom stereocenters. The fourth-order valence-corrected chi connectivity index (χ4v) is 1.78. The maximum absolute atomic E-state index is 10.8. The second kappa shape index (κ2) is 5.11. The first-order chi connectivity index (χ1) is 7.04. The number of aryl methyl sites for hydroxylation is 1. The summed E-state index contributed by atoms with van der Waals surface area (Å²) in [6.45, 7) is 1.24. The van der Waals surface area contributed by atoms with Crippen LogP contribution in [-0.2, 0) is 0 Å². The van der Waals surface area contributed by atoms with E-state index in [1.165, 1.54) is 0 Å². The van der Waals surface area contributed by atoms with E-state index in [1.54, 1.807) is 13.0 Å². The highest BCUT2D eigenvalue weighted by Gasteiger charge is 2.16. The van der Waals surface area contributed by atoms with Gasteiger partial charge in [0.1, 0.15) is 18.5 Å². The third-order valence-electron chi connectivity index (χ3n) is 1.66. The SMILES string of the molecule is Cc1cc(OCC(O)CO)c(C(=O)O)s1. The molecular formula is C9H12O5S. The Bertz CT molecular complexity index is 346. The lowest BCUT2D eigenvalue weighted by Crippen LogP contribution is -2.21. The standard InChI is InChI=1S/C9H12O5S/c1-5-2-7(8(15-5)9(12)13)14-4-6(11)3-10/h2,6,10-11H,3-4H2,1H3,(H,12,13). The van der Waals surface area contributed by atoms with E-state index in [0.717, 1.165) is 16.2 Å². The highest BCUT2D eigenvalue weighted by Crippen LogP contribution is 2.28. The zero-order valence-electron chi connectivity index (χ0n) is 8.14. The van der Waals surface area contributed by atoms with Gasteiger partial charge in [-0.25, -0.2) is 4.79 Å². The molecule has 0 amide bonds. The summed E-state index contributed by atoms with van der Waals surface area (Å²) in [5.74, 6) is -0.820. The van der Waals surface area contributed by atoms with Gasteiger partial charge < -0.3 is 20.1 Å². The van der Waals surface area contributed by atoms with Crippen molar-refractivity contribution in [2.45, 2.75) is 13.0 Å². The zero-order valence-corrected chi connectivity index (χ0v) is 8.95. The molecule has 3 N–H and O–H groups in total. The van der Waals surface area contributed by atoms with Gasteiger partial charge in [0.15, 0.2) is 4.88 Å². The van der Waals surface area contributed by atoms with Crippen LogP contribution in [0.3, 0.4) is 0 Å². The summed E-state index contributed by atoms with van der Waals surface area (Å²) in [7, 11) is 0. The number of carbonyl (C=O) groups is 1. The van der Waals surface area contributed by atoms with Gasteiger partial charge in [0.25, 0.3) is 0 Å². The van der Waals surface area contributed by atoms with Crippen LogP contribution in [0.2, 0.25) is 0 Å². The van der Waals surface area contributed by atoms with Gasteiger partial charge in [0.2, 0.25) is 0 Å².